The van der Waals surface area contributed by atoms with Crippen LogP contribution in [0.15, 0.2) is 6.07 Å². The lowest BCUT2D eigenvalue weighted by Gasteiger charge is -2.17. The zero-order chi connectivity index (χ0) is 11.8. The SMILES string of the molecule is CCC1CCc2c(F)cc3c(c21)CCNCC3. The van der Waals surface area contributed by atoms with Gasteiger partial charge in [-0.15, -0.1) is 0 Å². The summed E-state index contributed by atoms with van der Waals surface area (Å²) in [5.41, 5.74) is 5.13. The van der Waals surface area contributed by atoms with E-state index in [1.165, 1.54) is 16.7 Å². The van der Waals surface area contributed by atoms with Gasteiger partial charge in [-0.3, -0.25) is 0 Å². The first kappa shape index (κ1) is 11.2. The molecule has 1 aromatic rings. The molecule has 2 aliphatic rings. The van der Waals surface area contributed by atoms with Crippen LogP contribution in [0.5, 0.6) is 0 Å². The maximum absolute atomic E-state index is 14.1. The molecule has 0 bridgehead atoms. The van der Waals surface area contributed by atoms with Gasteiger partial charge in [-0.1, -0.05) is 6.92 Å². The van der Waals surface area contributed by atoms with Crippen molar-refractivity contribution in [2.24, 2.45) is 0 Å². The van der Waals surface area contributed by atoms with E-state index in [-0.39, 0.29) is 5.82 Å². The van der Waals surface area contributed by atoms with Crippen LogP contribution in [-0.2, 0) is 19.3 Å². The molecule has 1 aromatic carbocycles. The minimum Gasteiger partial charge on any atom is -0.316 e. The van der Waals surface area contributed by atoms with Gasteiger partial charge in [0.15, 0.2) is 0 Å². The summed E-state index contributed by atoms with van der Waals surface area (Å²) in [7, 11) is 0. The van der Waals surface area contributed by atoms with Crippen molar-refractivity contribution < 1.29 is 4.39 Å². The molecular formula is C15H20FN. The van der Waals surface area contributed by atoms with Gasteiger partial charge in [0.05, 0.1) is 0 Å². The molecular weight excluding hydrogens is 213 g/mol. The molecule has 0 radical (unpaired) electrons. The Labute approximate surface area is 102 Å². The molecule has 1 unspecified atom stereocenters. The highest BCUT2D eigenvalue weighted by Crippen LogP contribution is 2.40. The Morgan fingerprint density at radius 3 is 2.88 bits per heavy atom. The fraction of sp³-hybridized carbons (Fsp3) is 0.600. The van der Waals surface area contributed by atoms with Gasteiger partial charge in [0.2, 0.25) is 0 Å². The number of rotatable bonds is 1. The second-order valence-electron chi connectivity index (χ2n) is 5.28. The van der Waals surface area contributed by atoms with Gasteiger partial charge in [-0.25, -0.2) is 4.39 Å². The fourth-order valence-corrected chi connectivity index (χ4v) is 3.51. The third-order valence-electron chi connectivity index (χ3n) is 4.39. The number of benzene rings is 1. The van der Waals surface area contributed by atoms with E-state index in [2.05, 4.69) is 12.2 Å². The van der Waals surface area contributed by atoms with Crippen LogP contribution in [0.3, 0.4) is 0 Å². The maximum Gasteiger partial charge on any atom is 0.126 e. The van der Waals surface area contributed by atoms with Crippen LogP contribution in [0.25, 0.3) is 0 Å². The molecule has 0 saturated heterocycles. The van der Waals surface area contributed by atoms with Crippen LogP contribution in [0.4, 0.5) is 4.39 Å². The molecule has 92 valence electrons. The van der Waals surface area contributed by atoms with Crippen LogP contribution in [0.1, 0.15) is 47.9 Å². The van der Waals surface area contributed by atoms with E-state index >= 15 is 0 Å². The predicted octanol–water partition coefficient (Wildman–Crippen LogP) is 2.95. The summed E-state index contributed by atoms with van der Waals surface area (Å²) in [5.74, 6) is 0.657. The Bertz CT molecular complexity index is 439. The standard InChI is InChI=1S/C15H20FN/c1-2-10-3-4-13-14(16)9-11-5-7-17-8-6-12(11)15(10)13/h9-10,17H,2-8H2,1H3. The van der Waals surface area contributed by atoms with Crippen LogP contribution in [0, 0.1) is 5.82 Å². The van der Waals surface area contributed by atoms with Gasteiger partial charge in [-0.05, 0) is 79.4 Å². The highest BCUT2D eigenvalue weighted by atomic mass is 19.1. The smallest absolute Gasteiger partial charge is 0.126 e. The summed E-state index contributed by atoms with van der Waals surface area (Å²) >= 11 is 0. The quantitative estimate of drug-likeness (QED) is 0.786. The minimum atomic E-state index is 0.0524. The first-order valence-corrected chi connectivity index (χ1v) is 6.85. The van der Waals surface area contributed by atoms with E-state index in [1.807, 2.05) is 0 Å². The van der Waals surface area contributed by atoms with Crippen molar-refractivity contribution in [3.8, 4) is 0 Å². The van der Waals surface area contributed by atoms with Gasteiger partial charge >= 0.3 is 0 Å². The van der Waals surface area contributed by atoms with Crippen molar-refractivity contribution in [3.63, 3.8) is 0 Å². The van der Waals surface area contributed by atoms with Crippen molar-refractivity contribution in [1.29, 1.82) is 0 Å². The Morgan fingerprint density at radius 1 is 1.24 bits per heavy atom. The van der Waals surface area contributed by atoms with Gasteiger partial charge in [0.1, 0.15) is 5.82 Å². The second kappa shape index (κ2) is 4.41. The van der Waals surface area contributed by atoms with Gasteiger partial charge in [0, 0.05) is 0 Å². The first-order chi connectivity index (χ1) is 8.31. The number of fused-ring (bicyclic) bond motifs is 3. The molecule has 0 amide bonds. The molecule has 1 N–H and O–H groups in total. The lowest BCUT2D eigenvalue weighted by molar-refractivity contribution is 0.609. The Kier molecular flexibility index (Phi) is 2.91. The zero-order valence-corrected chi connectivity index (χ0v) is 10.5. The summed E-state index contributed by atoms with van der Waals surface area (Å²) in [4.78, 5) is 0. The first-order valence-electron chi connectivity index (χ1n) is 6.85. The highest BCUT2D eigenvalue weighted by molar-refractivity contribution is 5.47. The molecule has 1 atom stereocenters. The number of hydrogen-bond donors (Lipinski definition) is 1. The summed E-state index contributed by atoms with van der Waals surface area (Å²) in [5, 5.41) is 3.42. The Hall–Kier alpha value is -0.890. The van der Waals surface area contributed by atoms with Gasteiger partial charge < -0.3 is 5.32 Å². The molecule has 0 saturated carbocycles. The maximum atomic E-state index is 14.1. The van der Waals surface area contributed by atoms with Crippen molar-refractivity contribution in [2.45, 2.75) is 44.9 Å². The molecule has 1 nitrogen and oxygen atoms in total. The monoisotopic (exact) mass is 233 g/mol. The summed E-state index contributed by atoms with van der Waals surface area (Å²) in [6, 6.07) is 1.80. The molecule has 0 aromatic heterocycles. The van der Waals surface area contributed by atoms with Crippen molar-refractivity contribution in [2.75, 3.05) is 13.1 Å². The topological polar surface area (TPSA) is 12.0 Å². The highest BCUT2D eigenvalue weighted by Gasteiger charge is 2.28. The van der Waals surface area contributed by atoms with E-state index in [4.69, 9.17) is 0 Å². The van der Waals surface area contributed by atoms with Crippen molar-refractivity contribution >= 4 is 0 Å². The summed E-state index contributed by atoms with van der Waals surface area (Å²) in [6.07, 6.45) is 5.30. The van der Waals surface area contributed by atoms with Crippen molar-refractivity contribution in [3.05, 3.63) is 34.1 Å². The second-order valence-corrected chi connectivity index (χ2v) is 5.28. The molecule has 0 fully saturated rings. The molecule has 1 aliphatic heterocycles. The molecule has 1 heterocycles. The van der Waals surface area contributed by atoms with Gasteiger partial charge in [-0.2, -0.15) is 0 Å². The van der Waals surface area contributed by atoms with Crippen LogP contribution in [-0.4, -0.2) is 13.1 Å². The average molecular weight is 233 g/mol. The fourth-order valence-electron chi connectivity index (χ4n) is 3.51. The number of halogens is 1. The lowest BCUT2D eigenvalue weighted by Crippen LogP contribution is -2.16. The predicted molar refractivity (Wildman–Crippen MR) is 68.0 cm³/mol. The zero-order valence-electron chi connectivity index (χ0n) is 10.5. The Morgan fingerprint density at radius 2 is 2.06 bits per heavy atom. The summed E-state index contributed by atoms with van der Waals surface area (Å²) in [6.45, 7) is 4.26. The van der Waals surface area contributed by atoms with Crippen LogP contribution < -0.4 is 5.32 Å². The molecule has 2 heteroatoms. The van der Waals surface area contributed by atoms with Gasteiger partial charge in [0.25, 0.3) is 0 Å². The minimum absolute atomic E-state index is 0.0524. The van der Waals surface area contributed by atoms with E-state index < -0.39 is 0 Å². The largest absolute Gasteiger partial charge is 0.316 e. The third kappa shape index (κ3) is 1.79. The molecule has 0 spiro atoms. The number of nitrogens with one attached hydrogen (secondary N) is 1. The molecule has 3 rings (SSSR count). The van der Waals surface area contributed by atoms with Crippen LogP contribution in [0.2, 0.25) is 0 Å². The van der Waals surface area contributed by atoms with E-state index in [9.17, 15) is 4.39 Å². The summed E-state index contributed by atoms with van der Waals surface area (Å²) < 4.78 is 14.1. The number of hydrogen-bond acceptors (Lipinski definition) is 1. The van der Waals surface area contributed by atoms with E-state index in [1.54, 1.807) is 6.07 Å². The van der Waals surface area contributed by atoms with E-state index in [0.29, 0.717) is 5.92 Å². The average Bonchev–Trinajstić information content (AvgIpc) is 2.63. The van der Waals surface area contributed by atoms with Crippen LogP contribution >= 0.6 is 0 Å². The Balaban J connectivity index is 2.16. The third-order valence-corrected chi connectivity index (χ3v) is 4.39. The van der Waals surface area contributed by atoms with E-state index in [0.717, 1.165) is 50.8 Å². The van der Waals surface area contributed by atoms with Crippen molar-refractivity contribution in [1.82, 2.24) is 5.32 Å². The normalized spacial score (nSPS) is 23.1. The molecule has 17 heavy (non-hydrogen) atoms. The lowest BCUT2D eigenvalue weighted by atomic mass is 9.88. The molecule has 1 aliphatic carbocycles.